The molecule has 4 rings (SSSR count). The lowest BCUT2D eigenvalue weighted by Crippen LogP contribution is -2.41. The second kappa shape index (κ2) is 10.6. The van der Waals surface area contributed by atoms with Crippen LogP contribution in [0.2, 0.25) is 0 Å². The Bertz CT molecular complexity index is 1040. The van der Waals surface area contributed by atoms with Crippen LogP contribution in [-0.2, 0) is 21.2 Å². The summed E-state index contributed by atoms with van der Waals surface area (Å²) in [5.74, 6) is 2.47. The zero-order chi connectivity index (χ0) is 23.4. The van der Waals surface area contributed by atoms with E-state index in [9.17, 15) is 13.2 Å². The molecule has 0 spiro atoms. The molecule has 0 atom stereocenters. The highest BCUT2D eigenvalue weighted by Crippen LogP contribution is 2.28. The number of hydrogen-bond acceptors (Lipinski definition) is 7. The van der Waals surface area contributed by atoms with Crippen molar-refractivity contribution in [2.24, 2.45) is 5.92 Å². The minimum absolute atomic E-state index is 0.0528. The Balaban J connectivity index is 1.27. The van der Waals surface area contributed by atoms with Crippen LogP contribution >= 0.6 is 11.8 Å². The van der Waals surface area contributed by atoms with Crippen LogP contribution < -0.4 is 5.32 Å². The number of nitrogens with one attached hydrogen (secondary N) is 1. The predicted molar refractivity (Wildman–Crippen MR) is 130 cm³/mol. The van der Waals surface area contributed by atoms with Gasteiger partial charge in [0.2, 0.25) is 15.9 Å². The van der Waals surface area contributed by atoms with Gasteiger partial charge in [0.15, 0.2) is 5.76 Å². The topological polar surface area (TPSA) is 95.8 Å². The minimum Gasteiger partial charge on any atom is -0.360 e. The molecule has 33 heavy (non-hydrogen) atoms. The molecule has 2 aliphatic heterocycles. The number of carbonyl (C=O) groups excluding carboxylic acids is 1. The van der Waals surface area contributed by atoms with Crippen LogP contribution in [0.25, 0.3) is 0 Å². The molecule has 0 bridgehead atoms. The third kappa shape index (κ3) is 5.79. The summed E-state index contributed by atoms with van der Waals surface area (Å²) < 4.78 is 32.4. The van der Waals surface area contributed by atoms with E-state index in [4.69, 9.17) is 4.52 Å². The van der Waals surface area contributed by atoms with Crippen LogP contribution in [-0.4, -0.2) is 72.9 Å². The lowest BCUT2D eigenvalue weighted by atomic mass is 9.97. The zero-order valence-electron chi connectivity index (χ0n) is 19.2. The molecule has 0 radical (unpaired) electrons. The first-order valence-electron chi connectivity index (χ1n) is 11.5. The molecule has 1 amide bonds. The fraction of sp³-hybridized carbons (Fsp3) is 0.565. The van der Waals surface area contributed by atoms with Gasteiger partial charge in [-0.1, -0.05) is 17.3 Å². The van der Waals surface area contributed by atoms with Crippen molar-refractivity contribution >= 4 is 33.4 Å². The summed E-state index contributed by atoms with van der Waals surface area (Å²) in [4.78, 5) is 15.4. The summed E-state index contributed by atoms with van der Waals surface area (Å²) in [5.41, 5.74) is 2.42. The molecule has 1 aromatic heterocycles. The van der Waals surface area contributed by atoms with Crippen molar-refractivity contribution in [2.75, 3.05) is 49.5 Å². The van der Waals surface area contributed by atoms with Crippen LogP contribution in [0, 0.1) is 19.8 Å². The Morgan fingerprint density at radius 3 is 2.39 bits per heavy atom. The van der Waals surface area contributed by atoms with Gasteiger partial charge in [-0.25, -0.2) is 8.42 Å². The molecule has 0 unspecified atom stereocenters. The van der Waals surface area contributed by atoms with Gasteiger partial charge in [0.1, 0.15) is 10.6 Å². The van der Waals surface area contributed by atoms with Crippen LogP contribution in [0.15, 0.2) is 33.7 Å². The Morgan fingerprint density at radius 2 is 1.79 bits per heavy atom. The molecule has 2 saturated heterocycles. The van der Waals surface area contributed by atoms with Crippen molar-refractivity contribution in [1.82, 2.24) is 14.4 Å². The third-order valence-corrected chi connectivity index (χ3v) is 9.52. The van der Waals surface area contributed by atoms with Crippen molar-refractivity contribution in [3.63, 3.8) is 0 Å². The molecule has 0 saturated carbocycles. The number of piperidine rings is 1. The van der Waals surface area contributed by atoms with Crippen molar-refractivity contribution in [2.45, 2.75) is 38.0 Å². The van der Waals surface area contributed by atoms with E-state index in [1.807, 2.05) is 23.9 Å². The highest BCUT2D eigenvalue weighted by Gasteiger charge is 2.35. The number of anilines is 1. The van der Waals surface area contributed by atoms with Gasteiger partial charge in [0, 0.05) is 55.8 Å². The number of sulfonamides is 1. The zero-order valence-corrected chi connectivity index (χ0v) is 20.9. The average Bonchev–Trinajstić information content (AvgIpc) is 3.18. The molecule has 3 heterocycles. The van der Waals surface area contributed by atoms with E-state index in [0.29, 0.717) is 37.4 Å². The van der Waals surface area contributed by atoms with E-state index < -0.39 is 10.0 Å². The summed E-state index contributed by atoms with van der Waals surface area (Å²) in [7, 11) is -3.67. The van der Waals surface area contributed by atoms with Gasteiger partial charge in [0.05, 0.1) is 0 Å². The Kier molecular flexibility index (Phi) is 7.78. The summed E-state index contributed by atoms with van der Waals surface area (Å²) in [6.07, 6.45) is 1.98. The van der Waals surface area contributed by atoms with E-state index >= 15 is 0 Å². The quantitative estimate of drug-likeness (QED) is 0.635. The number of carbonyl (C=O) groups is 1. The fourth-order valence-corrected chi connectivity index (χ4v) is 7.18. The minimum atomic E-state index is -3.67. The van der Waals surface area contributed by atoms with Crippen LogP contribution in [0.1, 0.15) is 29.9 Å². The maximum Gasteiger partial charge on any atom is 0.248 e. The molecular formula is C23H32N4O4S2. The first-order valence-corrected chi connectivity index (χ1v) is 14.1. The Hall–Kier alpha value is -1.88. The molecule has 8 nitrogen and oxygen atoms in total. The lowest BCUT2D eigenvalue weighted by Gasteiger charge is -2.30. The largest absolute Gasteiger partial charge is 0.360 e. The summed E-state index contributed by atoms with van der Waals surface area (Å²) in [5, 5.41) is 6.76. The summed E-state index contributed by atoms with van der Waals surface area (Å²) in [6, 6.07) is 8.06. The number of nitrogens with zero attached hydrogens (tertiary/aromatic N) is 3. The number of aryl methyl sites for hydroxylation is 2. The molecule has 2 aliphatic rings. The maximum atomic E-state index is 13.0. The number of thioether (sulfide) groups is 1. The fourth-order valence-electron chi connectivity index (χ4n) is 4.44. The monoisotopic (exact) mass is 492 g/mol. The van der Waals surface area contributed by atoms with Gasteiger partial charge in [-0.2, -0.15) is 16.1 Å². The summed E-state index contributed by atoms with van der Waals surface area (Å²) >= 11 is 2.02. The van der Waals surface area contributed by atoms with Crippen molar-refractivity contribution < 1.29 is 17.7 Å². The third-order valence-electron chi connectivity index (χ3n) is 6.43. The number of hydrogen-bond donors (Lipinski definition) is 1. The van der Waals surface area contributed by atoms with Gasteiger partial charge in [-0.15, -0.1) is 0 Å². The molecular weight excluding hydrogens is 460 g/mol. The van der Waals surface area contributed by atoms with Crippen molar-refractivity contribution in [3.8, 4) is 0 Å². The molecule has 0 aliphatic carbocycles. The Labute approximate surface area is 200 Å². The standard InChI is InChI=1S/C23H32N4O4S2/c1-17-22(18(2)31-25-17)33(29,30)27-11-8-20(9-12-27)23(28)24-21-5-3-19(4-6-21)7-10-26-13-15-32-16-14-26/h3-6,20H,7-16H2,1-2H3,(H,24,28). The smallest absolute Gasteiger partial charge is 0.248 e. The van der Waals surface area contributed by atoms with E-state index in [-0.39, 0.29) is 16.7 Å². The van der Waals surface area contributed by atoms with Crippen LogP contribution in [0.4, 0.5) is 5.69 Å². The summed E-state index contributed by atoms with van der Waals surface area (Å²) in [6.45, 7) is 7.24. The second-order valence-corrected chi connectivity index (χ2v) is 11.8. The van der Waals surface area contributed by atoms with E-state index in [2.05, 4.69) is 27.5 Å². The molecule has 1 N–H and O–H groups in total. The lowest BCUT2D eigenvalue weighted by molar-refractivity contribution is -0.120. The number of rotatable bonds is 7. The molecule has 2 fully saturated rings. The number of amides is 1. The van der Waals surface area contributed by atoms with Crippen LogP contribution in [0.5, 0.6) is 0 Å². The predicted octanol–water partition coefficient (Wildman–Crippen LogP) is 2.92. The van der Waals surface area contributed by atoms with Crippen molar-refractivity contribution in [3.05, 3.63) is 41.3 Å². The van der Waals surface area contributed by atoms with Crippen LogP contribution in [0.3, 0.4) is 0 Å². The Morgan fingerprint density at radius 1 is 1.12 bits per heavy atom. The molecule has 180 valence electrons. The van der Waals surface area contributed by atoms with E-state index in [1.165, 1.54) is 21.4 Å². The SMILES string of the molecule is Cc1noc(C)c1S(=O)(=O)N1CCC(C(=O)Nc2ccc(CCN3CCSCC3)cc2)CC1. The molecule has 2 aromatic rings. The van der Waals surface area contributed by atoms with Gasteiger partial charge in [-0.3, -0.25) is 4.79 Å². The number of aromatic nitrogens is 1. The second-order valence-electron chi connectivity index (χ2n) is 8.72. The highest BCUT2D eigenvalue weighted by molar-refractivity contribution is 7.99. The molecule has 10 heteroatoms. The van der Waals surface area contributed by atoms with Gasteiger partial charge >= 0.3 is 0 Å². The average molecular weight is 493 g/mol. The highest BCUT2D eigenvalue weighted by atomic mass is 32.2. The first-order chi connectivity index (χ1) is 15.8. The van der Waals surface area contributed by atoms with Gasteiger partial charge < -0.3 is 14.7 Å². The normalized spacial score (nSPS) is 19.0. The van der Waals surface area contributed by atoms with E-state index in [1.54, 1.807) is 13.8 Å². The molecule has 1 aromatic carbocycles. The van der Waals surface area contributed by atoms with Gasteiger partial charge in [-0.05, 0) is 50.8 Å². The first kappa shape index (κ1) is 24.3. The van der Waals surface area contributed by atoms with Gasteiger partial charge in [0.25, 0.3) is 0 Å². The van der Waals surface area contributed by atoms with E-state index in [0.717, 1.165) is 31.7 Å². The number of benzene rings is 1. The maximum absolute atomic E-state index is 13.0. The van der Waals surface area contributed by atoms with Crippen molar-refractivity contribution in [1.29, 1.82) is 0 Å².